The molecule has 0 saturated heterocycles. The maximum Gasteiger partial charge on any atom is 0.189 e. The zero-order valence-electron chi connectivity index (χ0n) is 21.5. The monoisotopic (exact) mass is 504 g/mol. The number of rotatable bonds is 8. The van der Waals surface area contributed by atoms with Crippen molar-refractivity contribution in [2.24, 2.45) is 0 Å². The smallest absolute Gasteiger partial charge is 0.189 e. The average Bonchev–Trinajstić information content (AvgIpc) is 3.37. The normalized spacial score (nSPS) is 16.7. The lowest BCUT2D eigenvalue weighted by Crippen LogP contribution is -2.11. The lowest BCUT2D eigenvalue weighted by Gasteiger charge is -2.20. The molecule has 0 radical (unpaired) electrons. The molecular formula is C34H29FO3. The Bertz CT molecular complexity index is 1520. The van der Waals surface area contributed by atoms with Crippen LogP contribution in [0, 0.1) is 12.7 Å². The second kappa shape index (κ2) is 11.0. The van der Waals surface area contributed by atoms with Crippen molar-refractivity contribution in [3.63, 3.8) is 0 Å². The van der Waals surface area contributed by atoms with Crippen LogP contribution < -0.4 is 4.74 Å². The summed E-state index contributed by atoms with van der Waals surface area (Å²) in [4.78, 5) is 25.6. The van der Waals surface area contributed by atoms with Gasteiger partial charge in [-0.05, 0) is 61.7 Å². The summed E-state index contributed by atoms with van der Waals surface area (Å²) in [6.45, 7) is 3.83. The summed E-state index contributed by atoms with van der Waals surface area (Å²) in [6.07, 6.45) is 2.72. The Labute approximate surface area is 222 Å². The van der Waals surface area contributed by atoms with Crippen molar-refractivity contribution in [1.82, 2.24) is 0 Å². The number of allylic oxidation sites excluding steroid dienone is 2. The van der Waals surface area contributed by atoms with Gasteiger partial charge in [-0.2, -0.15) is 0 Å². The van der Waals surface area contributed by atoms with Gasteiger partial charge >= 0.3 is 0 Å². The van der Waals surface area contributed by atoms with Gasteiger partial charge in [0.15, 0.2) is 11.6 Å². The molecule has 0 N–H and O–H groups in total. The van der Waals surface area contributed by atoms with Gasteiger partial charge in [0.25, 0.3) is 0 Å². The summed E-state index contributed by atoms with van der Waals surface area (Å²) in [6, 6.07) is 29.4. The molecule has 2 atom stereocenters. The molecule has 1 aliphatic carbocycles. The van der Waals surface area contributed by atoms with Crippen LogP contribution in [0.15, 0.2) is 109 Å². The van der Waals surface area contributed by atoms with Crippen LogP contribution in [-0.2, 0) is 6.61 Å². The molecule has 0 aliphatic heterocycles. The van der Waals surface area contributed by atoms with Crippen LogP contribution in [-0.4, -0.2) is 11.6 Å². The molecule has 4 aromatic carbocycles. The van der Waals surface area contributed by atoms with Gasteiger partial charge in [0.05, 0.1) is 0 Å². The highest BCUT2D eigenvalue weighted by Gasteiger charge is 2.34. The highest BCUT2D eigenvalue weighted by atomic mass is 19.1. The summed E-state index contributed by atoms with van der Waals surface area (Å²) in [5.41, 5.74) is 5.86. The standard InChI is InChI=1S/C34H29FO3/c1-22-7-5-10-27(17-22)34(37)32-20-28(25-13-15-29(35)16-14-25)19-31(32)30-11-3-4-12-33(30)38-21-24-8-6-9-26(18-24)23(2)36/h3-18,20,28,31H,19,21H2,1-2H3. The summed E-state index contributed by atoms with van der Waals surface area (Å²) in [5.74, 6) is 0.216. The molecule has 0 aromatic heterocycles. The molecule has 3 nitrogen and oxygen atoms in total. The number of carbonyl (C=O) groups excluding carboxylic acids is 2. The maximum atomic E-state index is 13.8. The fourth-order valence-corrected chi connectivity index (χ4v) is 5.15. The number of hydrogen-bond acceptors (Lipinski definition) is 3. The SMILES string of the molecule is CC(=O)c1cccc(COc2ccccc2C2CC(c3ccc(F)cc3)C=C2C(=O)c2cccc(C)c2)c1. The Hall–Kier alpha value is -4.31. The Kier molecular flexibility index (Phi) is 7.32. The first kappa shape index (κ1) is 25.3. The van der Waals surface area contributed by atoms with Crippen LogP contribution in [0.4, 0.5) is 4.39 Å². The van der Waals surface area contributed by atoms with Gasteiger partial charge in [-0.3, -0.25) is 9.59 Å². The molecule has 4 heteroatoms. The average molecular weight is 505 g/mol. The highest BCUT2D eigenvalue weighted by molar-refractivity contribution is 6.10. The predicted octanol–water partition coefficient (Wildman–Crippen LogP) is 8.00. The van der Waals surface area contributed by atoms with Gasteiger partial charge in [-0.15, -0.1) is 0 Å². The van der Waals surface area contributed by atoms with Crippen molar-refractivity contribution in [2.45, 2.75) is 38.7 Å². The number of hydrogen-bond donors (Lipinski definition) is 0. The highest BCUT2D eigenvalue weighted by Crippen LogP contribution is 2.46. The molecule has 0 fully saturated rings. The first-order valence-electron chi connectivity index (χ1n) is 12.8. The number of benzene rings is 4. The van der Waals surface area contributed by atoms with Crippen molar-refractivity contribution in [3.8, 4) is 5.75 Å². The fraction of sp³-hybridized carbons (Fsp3) is 0.176. The Morgan fingerprint density at radius 1 is 0.868 bits per heavy atom. The lowest BCUT2D eigenvalue weighted by atomic mass is 9.86. The van der Waals surface area contributed by atoms with E-state index in [0.29, 0.717) is 29.9 Å². The van der Waals surface area contributed by atoms with E-state index in [-0.39, 0.29) is 29.2 Å². The Morgan fingerprint density at radius 3 is 2.37 bits per heavy atom. The van der Waals surface area contributed by atoms with Crippen molar-refractivity contribution in [3.05, 3.63) is 148 Å². The van der Waals surface area contributed by atoms with Crippen LogP contribution in [0.1, 0.15) is 68.2 Å². The number of para-hydroxylation sites is 1. The lowest BCUT2D eigenvalue weighted by molar-refractivity contribution is 0.101. The van der Waals surface area contributed by atoms with Gasteiger partial charge in [-0.1, -0.05) is 78.4 Å². The van der Waals surface area contributed by atoms with E-state index in [1.807, 2.05) is 79.7 Å². The molecule has 0 bridgehead atoms. The number of ketones is 2. The van der Waals surface area contributed by atoms with Crippen molar-refractivity contribution < 1.29 is 18.7 Å². The van der Waals surface area contributed by atoms with E-state index in [1.54, 1.807) is 25.1 Å². The number of carbonyl (C=O) groups is 2. The minimum atomic E-state index is -0.282. The number of halogens is 1. The van der Waals surface area contributed by atoms with Crippen molar-refractivity contribution in [1.29, 1.82) is 0 Å². The molecular weight excluding hydrogens is 475 g/mol. The molecule has 1 aliphatic rings. The van der Waals surface area contributed by atoms with Crippen LogP contribution in [0.5, 0.6) is 5.75 Å². The molecule has 0 saturated carbocycles. The summed E-state index contributed by atoms with van der Waals surface area (Å²) in [7, 11) is 0. The molecule has 4 aromatic rings. The van der Waals surface area contributed by atoms with Crippen molar-refractivity contribution >= 4 is 11.6 Å². The first-order chi connectivity index (χ1) is 18.4. The molecule has 0 amide bonds. The van der Waals surface area contributed by atoms with Crippen LogP contribution >= 0.6 is 0 Å². The molecule has 2 unspecified atom stereocenters. The quantitative estimate of drug-likeness (QED) is 0.228. The third kappa shape index (κ3) is 5.50. The minimum absolute atomic E-state index is 0.00715. The molecule has 0 heterocycles. The first-order valence-corrected chi connectivity index (χ1v) is 12.8. The van der Waals surface area contributed by atoms with Gasteiger partial charge in [0.1, 0.15) is 18.2 Å². The van der Waals surface area contributed by atoms with E-state index in [9.17, 15) is 14.0 Å². The van der Waals surface area contributed by atoms with Gasteiger partial charge in [0.2, 0.25) is 0 Å². The Balaban J connectivity index is 1.48. The van der Waals surface area contributed by atoms with E-state index in [2.05, 4.69) is 0 Å². The van der Waals surface area contributed by atoms with Crippen molar-refractivity contribution in [2.75, 3.05) is 0 Å². The predicted molar refractivity (Wildman–Crippen MR) is 147 cm³/mol. The van der Waals surface area contributed by atoms with E-state index in [1.165, 1.54) is 12.1 Å². The number of ether oxygens (including phenoxy) is 1. The zero-order chi connectivity index (χ0) is 26.6. The fourth-order valence-electron chi connectivity index (χ4n) is 5.15. The third-order valence-electron chi connectivity index (χ3n) is 7.11. The minimum Gasteiger partial charge on any atom is -0.489 e. The molecule has 5 rings (SSSR count). The molecule has 190 valence electrons. The van der Waals surface area contributed by atoms with Crippen LogP contribution in [0.3, 0.4) is 0 Å². The number of aryl methyl sites for hydroxylation is 1. The zero-order valence-corrected chi connectivity index (χ0v) is 21.5. The second-order valence-electron chi connectivity index (χ2n) is 9.85. The maximum absolute atomic E-state index is 13.8. The van der Waals surface area contributed by atoms with Crippen LogP contribution in [0.2, 0.25) is 0 Å². The Morgan fingerprint density at radius 2 is 1.61 bits per heavy atom. The topological polar surface area (TPSA) is 43.4 Å². The third-order valence-corrected chi connectivity index (χ3v) is 7.11. The van der Waals surface area contributed by atoms with E-state index in [4.69, 9.17) is 4.74 Å². The largest absolute Gasteiger partial charge is 0.489 e. The number of Topliss-reactive ketones (excluding diaryl/α,β-unsaturated/α-hetero) is 2. The second-order valence-corrected chi connectivity index (χ2v) is 9.85. The van der Waals surface area contributed by atoms with E-state index in [0.717, 1.165) is 27.8 Å². The van der Waals surface area contributed by atoms with Gasteiger partial charge in [0, 0.05) is 34.1 Å². The van der Waals surface area contributed by atoms with E-state index >= 15 is 0 Å². The van der Waals surface area contributed by atoms with Crippen LogP contribution in [0.25, 0.3) is 0 Å². The van der Waals surface area contributed by atoms with Gasteiger partial charge in [-0.25, -0.2) is 4.39 Å². The summed E-state index contributed by atoms with van der Waals surface area (Å²) in [5, 5.41) is 0. The molecule has 0 spiro atoms. The summed E-state index contributed by atoms with van der Waals surface area (Å²) < 4.78 is 19.9. The van der Waals surface area contributed by atoms with E-state index < -0.39 is 0 Å². The molecule has 38 heavy (non-hydrogen) atoms. The van der Waals surface area contributed by atoms with Gasteiger partial charge < -0.3 is 4.74 Å². The summed E-state index contributed by atoms with van der Waals surface area (Å²) >= 11 is 0.